The molecule has 0 fully saturated rings. The van der Waals surface area contributed by atoms with Gasteiger partial charge < -0.3 is 5.32 Å². The summed E-state index contributed by atoms with van der Waals surface area (Å²) in [6.45, 7) is 0. The van der Waals surface area contributed by atoms with Crippen LogP contribution in [0.3, 0.4) is 0 Å². The number of carbonyl (C=O) groups is 1. The number of rotatable bonds is 3. The van der Waals surface area contributed by atoms with Crippen LogP contribution in [0.4, 0.5) is 5.69 Å². The summed E-state index contributed by atoms with van der Waals surface area (Å²) in [5, 5.41) is 2.63. The molecule has 12 heavy (non-hydrogen) atoms. The average Bonchev–Trinajstić information content (AvgIpc) is 2.06. The van der Waals surface area contributed by atoms with E-state index in [2.05, 4.69) is 27.9 Å². The third-order valence-electron chi connectivity index (χ3n) is 1.18. The summed E-state index contributed by atoms with van der Waals surface area (Å²) in [5.41, 5.74) is 0.615. The van der Waals surface area contributed by atoms with Gasteiger partial charge in [0.15, 0.2) is 0 Å². The predicted octanol–water partition coefficient (Wildman–Crippen LogP) is 0.735. The van der Waals surface area contributed by atoms with Crippen LogP contribution in [-0.4, -0.2) is 21.6 Å². The highest BCUT2D eigenvalue weighted by Crippen LogP contribution is 2.00. The second-order valence-electron chi connectivity index (χ2n) is 2.15. The number of nitrogens with one attached hydrogen (secondary N) is 1. The Morgan fingerprint density at radius 1 is 1.50 bits per heavy atom. The van der Waals surface area contributed by atoms with E-state index in [4.69, 9.17) is 0 Å². The lowest BCUT2D eigenvalue weighted by Crippen LogP contribution is -2.11. The maximum atomic E-state index is 11.0. The van der Waals surface area contributed by atoms with E-state index < -0.39 is 0 Å². The minimum atomic E-state index is -0.0696. The molecule has 0 spiro atoms. The van der Waals surface area contributed by atoms with Crippen molar-refractivity contribution in [3.05, 3.63) is 18.7 Å². The van der Waals surface area contributed by atoms with Crippen molar-refractivity contribution >= 4 is 24.2 Å². The van der Waals surface area contributed by atoms with Gasteiger partial charge in [-0.1, -0.05) is 0 Å². The molecular formula is C7H9N3OS. The molecule has 64 valence electrons. The Balaban J connectivity index is 2.47. The highest BCUT2D eigenvalue weighted by Gasteiger charge is 1.99. The van der Waals surface area contributed by atoms with Crippen molar-refractivity contribution in [2.24, 2.45) is 0 Å². The van der Waals surface area contributed by atoms with Gasteiger partial charge in [-0.3, -0.25) is 4.79 Å². The molecule has 0 unspecified atom stereocenters. The zero-order valence-electron chi connectivity index (χ0n) is 6.40. The smallest absolute Gasteiger partial charge is 0.225 e. The molecule has 1 amide bonds. The third-order valence-corrected chi connectivity index (χ3v) is 1.41. The molecule has 1 rings (SSSR count). The van der Waals surface area contributed by atoms with Crippen LogP contribution in [0.5, 0.6) is 0 Å². The minimum Gasteiger partial charge on any atom is -0.323 e. The summed E-state index contributed by atoms with van der Waals surface area (Å²) in [6.07, 6.45) is 4.90. The molecule has 5 heteroatoms. The van der Waals surface area contributed by atoms with E-state index in [0.717, 1.165) is 0 Å². The standard InChI is InChI=1S/C7H9N3OS/c11-7(1-2-12)10-6-3-8-5-9-4-6/h3-5,12H,1-2H2,(H,10,11). The number of hydrogen-bond acceptors (Lipinski definition) is 4. The van der Waals surface area contributed by atoms with Crippen LogP contribution in [0.15, 0.2) is 18.7 Å². The van der Waals surface area contributed by atoms with Crippen LogP contribution in [-0.2, 0) is 4.79 Å². The molecule has 0 radical (unpaired) electrons. The Morgan fingerprint density at radius 2 is 2.17 bits per heavy atom. The van der Waals surface area contributed by atoms with Gasteiger partial charge >= 0.3 is 0 Å². The first kappa shape index (κ1) is 8.99. The van der Waals surface area contributed by atoms with Crippen molar-refractivity contribution in [2.45, 2.75) is 6.42 Å². The van der Waals surface area contributed by atoms with E-state index in [1.165, 1.54) is 6.33 Å². The van der Waals surface area contributed by atoms with E-state index in [1.807, 2.05) is 0 Å². The lowest BCUT2D eigenvalue weighted by molar-refractivity contribution is -0.115. The molecule has 0 aliphatic rings. The average molecular weight is 183 g/mol. The molecule has 4 nitrogen and oxygen atoms in total. The van der Waals surface area contributed by atoms with Crippen LogP contribution < -0.4 is 5.32 Å². The fourth-order valence-electron chi connectivity index (χ4n) is 0.689. The van der Waals surface area contributed by atoms with Crippen molar-refractivity contribution in [1.82, 2.24) is 9.97 Å². The maximum Gasteiger partial charge on any atom is 0.225 e. The number of thiol groups is 1. The maximum absolute atomic E-state index is 11.0. The van der Waals surface area contributed by atoms with Gasteiger partial charge in [0.1, 0.15) is 6.33 Å². The van der Waals surface area contributed by atoms with Gasteiger partial charge in [-0.25, -0.2) is 9.97 Å². The Labute approximate surface area is 75.8 Å². The van der Waals surface area contributed by atoms with Crippen molar-refractivity contribution < 1.29 is 4.79 Å². The van der Waals surface area contributed by atoms with E-state index in [9.17, 15) is 4.79 Å². The zero-order chi connectivity index (χ0) is 8.81. The summed E-state index contributed by atoms with van der Waals surface area (Å²) < 4.78 is 0. The van der Waals surface area contributed by atoms with Gasteiger partial charge in [0.2, 0.25) is 5.91 Å². The van der Waals surface area contributed by atoms with Crippen LogP contribution in [0.1, 0.15) is 6.42 Å². The first-order valence-corrected chi connectivity index (χ1v) is 4.12. The van der Waals surface area contributed by atoms with Crippen LogP contribution >= 0.6 is 12.6 Å². The molecule has 0 aromatic carbocycles. The molecule has 0 aliphatic carbocycles. The molecule has 0 saturated carbocycles. The van der Waals surface area contributed by atoms with E-state index >= 15 is 0 Å². The number of nitrogens with zero attached hydrogens (tertiary/aromatic N) is 2. The minimum absolute atomic E-state index is 0.0696. The molecular weight excluding hydrogens is 174 g/mol. The summed E-state index contributed by atoms with van der Waals surface area (Å²) in [6, 6.07) is 0. The lowest BCUT2D eigenvalue weighted by Gasteiger charge is -2.00. The van der Waals surface area contributed by atoms with Crippen molar-refractivity contribution in [2.75, 3.05) is 11.1 Å². The Morgan fingerprint density at radius 3 is 2.75 bits per heavy atom. The Hall–Kier alpha value is -1.10. The van der Waals surface area contributed by atoms with E-state index in [-0.39, 0.29) is 5.91 Å². The number of aromatic nitrogens is 2. The largest absolute Gasteiger partial charge is 0.323 e. The molecule has 1 N–H and O–H groups in total. The second kappa shape index (κ2) is 4.71. The van der Waals surface area contributed by atoms with Crippen molar-refractivity contribution in [3.8, 4) is 0 Å². The van der Waals surface area contributed by atoms with Gasteiger partial charge in [0.05, 0.1) is 18.1 Å². The molecule has 1 aromatic rings. The van der Waals surface area contributed by atoms with Gasteiger partial charge in [0.25, 0.3) is 0 Å². The van der Waals surface area contributed by atoms with Gasteiger partial charge in [-0.15, -0.1) is 0 Å². The zero-order valence-corrected chi connectivity index (χ0v) is 7.29. The Bertz CT molecular complexity index is 252. The lowest BCUT2D eigenvalue weighted by atomic mass is 10.4. The third kappa shape index (κ3) is 2.87. The molecule has 0 saturated heterocycles. The number of hydrogen-bond donors (Lipinski definition) is 2. The molecule has 0 atom stereocenters. The second-order valence-corrected chi connectivity index (χ2v) is 2.60. The number of anilines is 1. The van der Waals surface area contributed by atoms with Crippen molar-refractivity contribution in [1.29, 1.82) is 0 Å². The fourth-order valence-corrected chi connectivity index (χ4v) is 0.892. The van der Waals surface area contributed by atoms with E-state index in [0.29, 0.717) is 17.9 Å². The normalized spacial score (nSPS) is 9.42. The monoisotopic (exact) mass is 183 g/mol. The summed E-state index contributed by atoms with van der Waals surface area (Å²) in [4.78, 5) is 18.5. The van der Waals surface area contributed by atoms with Gasteiger partial charge in [-0.2, -0.15) is 12.6 Å². The van der Waals surface area contributed by atoms with Crippen LogP contribution in [0, 0.1) is 0 Å². The fraction of sp³-hybridized carbons (Fsp3) is 0.286. The molecule has 1 aromatic heterocycles. The summed E-state index contributed by atoms with van der Waals surface area (Å²) >= 11 is 3.93. The van der Waals surface area contributed by atoms with Crippen molar-refractivity contribution in [3.63, 3.8) is 0 Å². The highest BCUT2D eigenvalue weighted by atomic mass is 32.1. The molecule has 0 aliphatic heterocycles. The summed E-state index contributed by atoms with van der Waals surface area (Å²) in [5.74, 6) is 0.472. The number of carbonyl (C=O) groups excluding carboxylic acids is 1. The number of amides is 1. The topological polar surface area (TPSA) is 54.9 Å². The molecule has 0 bridgehead atoms. The predicted molar refractivity (Wildman–Crippen MR) is 49.1 cm³/mol. The first-order chi connectivity index (χ1) is 5.83. The SMILES string of the molecule is O=C(CCS)Nc1cncnc1. The van der Waals surface area contributed by atoms with Crippen LogP contribution in [0.2, 0.25) is 0 Å². The first-order valence-electron chi connectivity index (χ1n) is 3.48. The Kier molecular flexibility index (Phi) is 3.53. The quantitative estimate of drug-likeness (QED) is 0.679. The van der Waals surface area contributed by atoms with Crippen LogP contribution in [0.25, 0.3) is 0 Å². The van der Waals surface area contributed by atoms with Gasteiger partial charge in [0, 0.05) is 6.42 Å². The molecule has 1 heterocycles. The van der Waals surface area contributed by atoms with E-state index in [1.54, 1.807) is 12.4 Å². The highest BCUT2D eigenvalue weighted by molar-refractivity contribution is 7.80. The van der Waals surface area contributed by atoms with Gasteiger partial charge in [-0.05, 0) is 5.75 Å². The summed E-state index contributed by atoms with van der Waals surface area (Å²) in [7, 11) is 0.